The van der Waals surface area contributed by atoms with Gasteiger partial charge in [0.1, 0.15) is 0 Å². The maximum atomic E-state index is 5.83. The van der Waals surface area contributed by atoms with Gasteiger partial charge in [-0.3, -0.25) is 0 Å². The fourth-order valence-corrected chi connectivity index (χ4v) is 4.40. The third-order valence-electron chi connectivity index (χ3n) is 5.42. The number of nitrogens with two attached hydrogens (primary N) is 1. The van der Waals surface area contributed by atoms with Crippen LogP contribution in [0.25, 0.3) is 0 Å². The summed E-state index contributed by atoms with van der Waals surface area (Å²) >= 11 is 0. The van der Waals surface area contributed by atoms with Crippen LogP contribution >= 0.6 is 0 Å². The van der Waals surface area contributed by atoms with Crippen LogP contribution in [0, 0.1) is 11.8 Å². The van der Waals surface area contributed by atoms with Crippen molar-refractivity contribution in [1.82, 2.24) is 5.32 Å². The van der Waals surface area contributed by atoms with Gasteiger partial charge in [-0.2, -0.15) is 5.10 Å². The minimum Gasteiger partial charge on any atom is -0.323 e. The number of hydrogen-bond acceptors (Lipinski definition) is 3. The summed E-state index contributed by atoms with van der Waals surface area (Å²) < 4.78 is 0. The average Bonchev–Trinajstić information content (AvgIpc) is 2.63. The summed E-state index contributed by atoms with van der Waals surface area (Å²) in [4.78, 5) is 0. The standard InChI is InChI=1S/C20H23N3/c21-23-20-16-12-7-13-17(20)19(15-10-5-2-6-11-15)22-18(16)14-8-3-1-4-9-14/h1-6,8-11,16-19,22H,7,12-13,21H2/t16-,17-,18-,19+/m0/s1. The predicted molar refractivity (Wildman–Crippen MR) is 94.0 cm³/mol. The molecular formula is C20H23N3. The van der Waals surface area contributed by atoms with Crippen molar-refractivity contribution >= 4 is 5.71 Å². The van der Waals surface area contributed by atoms with Crippen molar-refractivity contribution < 1.29 is 0 Å². The molecule has 1 aliphatic heterocycles. The van der Waals surface area contributed by atoms with Crippen LogP contribution in [0.2, 0.25) is 0 Å². The van der Waals surface area contributed by atoms with E-state index in [-0.39, 0.29) is 0 Å². The molecule has 0 radical (unpaired) electrons. The highest BCUT2D eigenvalue weighted by atomic mass is 15.1. The largest absolute Gasteiger partial charge is 0.323 e. The third-order valence-corrected chi connectivity index (χ3v) is 5.42. The first kappa shape index (κ1) is 14.5. The van der Waals surface area contributed by atoms with Gasteiger partial charge in [0.05, 0.1) is 0 Å². The van der Waals surface area contributed by atoms with Crippen LogP contribution in [-0.2, 0) is 0 Å². The molecule has 0 unspecified atom stereocenters. The zero-order valence-corrected chi connectivity index (χ0v) is 13.2. The molecule has 0 aromatic heterocycles. The molecule has 2 aromatic carbocycles. The number of fused-ring (bicyclic) bond motifs is 2. The smallest absolute Gasteiger partial charge is 0.0475 e. The Hall–Kier alpha value is -2.13. The molecular weight excluding hydrogens is 282 g/mol. The SMILES string of the molecule is NN=C1[C@H]2CCC[C@H]1[C@H](c1ccccc1)N[C@@H]2c1ccccc1. The molecule has 2 aliphatic rings. The Morgan fingerprint density at radius 2 is 1.26 bits per heavy atom. The Morgan fingerprint density at radius 3 is 1.70 bits per heavy atom. The number of rotatable bonds is 2. The van der Waals surface area contributed by atoms with Crippen LogP contribution in [0.5, 0.6) is 0 Å². The number of nitrogens with zero attached hydrogens (tertiary/aromatic N) is 1. The van der Waals surface area contributed by atoms with E-state index in [4.69, 9.17) is 5.84 Å². The zero-order chi connectivity index (χ0) is 15.6. The van der Waals surface area contributed by atoms with Crippen LogP contribution in [-0.4, -0.2) is 5.71 Å². The van der Waals surface area contributed by atoms with E-state index in [1.165, 1.54) is 36.1 Å². The quantitative estimate of drug-likeness (QED) is 0.655. The molecule has 0 amide bonds. The number of piperidine rings is 1. The summed E-state index contributed by atoms with van der Waals surface area (Å²) in [7, 11) is 0. The van der Waals surface area contributed by atoms with Crippen molar-refractivity contribution in [3.05, 3.63) is 71.8 Å². The summed E-state index contributed by atoms with van der Waals surface area (Å²) in [5.74, 6) is 6.67. The highest BCUT2D eigenvalue weighted by Gasteiger charge is 2.44. The predicted octanol–water partition coefficient (Wildman–Crippen LogP) is 3.80. The van der Waals surface area contributed by atoms with Crippen molar-refractivity contribution in [3.63, 3.8) is 0 Å². The molecule has 1 saturated heterocycles. The van der Waals surface area contributed by atoms with Gasteiger partial charge in [0.15, 0.2) is 0 Å². The topological polar surface area (TPSA) is 50.4 Å². The maximum Gasteiger partial charge on any atom is 0.0475 e. The van der Waals surface area contributed by atoms with E-state index >= 15 is 0 Å². The second kappa shape index (κ2) is 6.17. The number of hydrazone groups is 1. The first-order chi connectivity index (χ1) is 11.4. The summed E-state index contributed by atoms with van der Waals surface area (Å²) in [6.07, 6.45) is 3.59. The molecule has 3 heteroatoms. The van der Waals surface area contributed by atoms with E-state index in [0.717, 1.165) is 0 Å². The lowest BCUT2D eigenvalue weighted by Gasteiger charge is -2.47. The molecule has 1 heterocycles. The summed E-state index contributed by atoms with van der Waals surface area (Å²) in [6.45, 7) is 0. The molecule has 2 fully saturated rings. The lowest BCUT2D eigenvalue weighted by atomic mass is 9.67. The molecule has 2 bridgehead atoms. The Bertz CT molecular complexity index is 625. The summed E-state index contributed by atoms with van der Waals surface area (Å²) in [5, 5.41) is 8.18. The minimum absolute atomic E-state index is 0.292. The average molecular weight is 305 g/mol. The van der Waals surface area contributed by atoms with Crippen LogP contribution in [0.4, 0.5) is 0 Å². The monoisotopic (exact) mass is 305 g/mol. The molecule has 4 rings (SSSR count). The molecule has 1 saturated carbocycles. The molecule has 2 aromatic rings. The molecule has 1 aliphatic carbocycles. The van der Waals surface area contributed by atoms with Crippen LogP contribution in [0.1, 0.15) is 42.5 Å². The number of hydrogen-bond donors (Lipinski definition) is 2. The second-order valence-electron chi connectivity index (χ2n) is 6.64. The second-order valence-corrected chi connectivity index (χ2v) is 6.64. The molecule has 0 spiro atoms. The highest BCUT2D eigenvalue weighted by molar-refractivity contribution is 5.91. The van der Waals surface area contributed by atoms with E-state index in [2.05, 4.69) is 71.1 Å². The Morgan fingerprint density at radius 1 is 0.783 bits per heavy atom. The molecule has 118 valence electrons. The first-order valence-electron chi connectivity index (χ1n) is 8.52. The van der Waals surface area contributed by atoms with Crippen molar-refractivity contribution in [3.8, 4) is 0 Å². The number of nitrogens with one attached hydrogen (secondary N) is 1. The fraction of sp³-hybridized carbons (Fsp3) is 0.350. The normalized spacial score (nSPS) is 31.9. The Balaban J connectivity index is 1.76. The third kappa shape index (κ3) is 2.55. The van der Waals surface area contributed by atoms with Crippen LogP contribution < -0.4 is 11.2 Å². The maximum absolute atomic E-state index is 5.83. The van der Waals surface area contributed by atoms with Crippen molar-refractivity contribution in [2.75, 3.05) is 0 Å². The fourth-order valence-electron chi connectivity index (χ4n) is 4.40. The van der Waals surface area contributed by atoms with Crippen molar-refractivity contribution in [1.29, 1.82) is 0 Å². The Labute approximate surface area is 137 Å². The first-order valence-corrected chi connectivity index (χ1v) is 8.52. The van der Waals surface area contributed by atoms with Gasteiger partial charge in [-0.05, 0) is 24.0 Å². The van der Waals surface area contributed by atoms with Gasteiger partial charge in [-0.25, -0.2) is 0 Å². The molecule has 4 atom stereocenters. The Kier molecular flexibility index (Phi) is 3.88. The molecule has 23 heavy (non-hydrogen) atoms. The minimum atomic E-state index is 0.292. The van der Waals surface area contributed by atoms with Gasteiger partial charge < -0.3 is 11.2 Å². The summed E-state index contributed by atoms with van der Waals surface area (Å²) in [6, 6.07) is 22.0. The number of benzene rings is 2. The lowest BCUT2D eigenvalue weighted by Crippen LogP contribution is -2.51. The van der Waals surface area contributed by atoms with Gasteiger partial charge in [0, 0.05) is 29.6 Å². The van der Waals surface area contributed by atoms with Gasteiger partial charge >= 0.3 is 0 Å². The van der Waals surface area contributed by atoms with E-state index in [1.54, 1.807) is 0 Å². The van der Waals surface area contributed by atoms with E-state index in [1.807, 2.05) is 0 Å². The summed E-state index contributed by atoms with van der Waals surface area (Å²) in [5.41, 5.74) is 3.87. The van der Waals surface area contributed by atoms with E-state index < -0.39 is 0 Å². The lowest BCUT2D eigenvalue weighted by molar-refractivity contribution is 0.233. The van der Waals surface area contributed by atoms with Gasteiger partial charge in [-0.1, -0.05) is 67.1 Å². The van der Waals surface area contributed by atoms with Gasteiger partial charge in [-0.15, -0.1) is 0 Å². The van der Waals surface area contributed by atoms with E-state index in [0.29, 0.717) is 23.9 Å². The van der Waals surface area contributed by atoms with E-state index in [9.17, 15) is 0 Å². The molecule has 3 N–H and O–H groups in total. The van der Waals surface area contributed by atoms with Crippen LogP contribution in [0.3, 0.4) is 0 Å². The van der Waals surface area contributed by atoms with Crippen molar-refractivity contribution in [2.24, 2.45) is 22.8 Å². The highest BCUT2D eigenvalue weighted by Crippen LogP contribution is 2.46. The van der Waals surface area contributed by atoms with Crippen LogP contribution in [0.15, 0.2) is 65.8 Å². The van der Waals surface area contributed by atoms with Gasteiger partial charge in [0.25, 0.3) is 0 Å². The molecule has 3 nitrogen and oxygen atoms in total. The van der Waals surface area contributed by atoms with Crippen molar-refractivity contribution in [2.45, 2.75) is 31.3 Å². The van der Waals surface area contributed by atoms with Gasteiger partial charge in [0.2, 0.25) is 0 Å². The zero-order valence-electron chi connectivity index (χ0n) is 13.2.